The molecule has 0 aliphatic carbocycles. The van der Waals surface area contributed by atoms with Crippen LogP contribution in [0.5, 0.6) is 0 Å². The lowest BCUT2D eigenvalue weighted by Crippen LogP contribution is -2.34. The Kier molecular flexibility index (Phi) is 6.57. The van der Waals surface area contributed by atoms with Gasteiger partial charge in [0.2, 0.25) is 0 Å². The number of halogens is 3. The van der Waals surface area contributed by atoms with Gasteiger partial charge in [0.1, 0.15) is 5.69 Å². The smallest absolute Gasteiger partial charge is 0.304 e. The maximum Gasteiger partial charge on any atom is 0.416 e. The molecule has 0 unspecified atom stereocenters. The number of benzene rings is 1. The average Bonchev–Trinajstić information content (AvgIpc) is 3.15. The molecule has 1 aliphatic heterocycles. The molecule has 3 aromatic rings. The number of likely N-dealkylation sites (tertiary alicyclic amines) is 1. The second-order valence-electron chi connectivity index (χ2n) is 7.54. The molecule has 1 aliphatic rings. The minimum absolute atomic E-state index is 0.180. The number of thioether (sulfide) groups is 1. The molecule has 1 fully saturated rings. The van der Waals surface area contributed by atoms with Crippen molar-refractivity contribution in [1.82, 2.24) is 29.6 Å². The van der Waals surface area contributed by atoms with Gasteiger partial charge in [-0.15, -0.1) is 10.2 Å². The van der Waals surface area contributed by atoms with Crippen LogP contribution in [0.1, 0.15) is 29.9 Å². The fourth-order valence-electron chi connectivity index (χ4n) is 3.80. The second kappa shape index (κ2) is 9.35. The summed E-state index contributed by atoms with van der Waals surface area (Å²) in [6.45, 7) is 2.66. The first-order valence-electron chi connectivity index (χ1n) is 10.1. The second-order valence-corrected chi connectivity index (χ2v) is 8.61. The van der Waals surface area contributed by atoms with Crippen LogP contribution in [0.3, 0.4) is 0 Å². The lowest BCUT2D eigenvalue weighted by molar-refractivity contribution is -0.137. The van der Waals surface area contributed by atoms with Crippen LogP contribution in [-0.4, -0.2) is 55.0 Å². The fraction of sp³-hybridized carbons (Fsp3) is 0.429. The van der Waals surface area contributed by atoms with Crippen molar-refractivity contribution in [3.05, 3.63) is 54.0 Å². The Hall–Kier alpha value is -2.46. The molecule has 0 amide bonds. The molecule has 10 heteroatoms. The van der Waals surface area contributed by atoms with Crippen LogP contribution >= 0.6 is 11.8 Å². The largest absolute Gasteiger partial charge is 0.416 e. The van der Waals surface area contributed by atoms with E-state index in [0.29, 0.717) is 11.5 Å². The van der Waals surface area contributed by atoms with E-state index < -0.39 is 11.7 Å². The van der Waals surface area contributed by atoms with Crippen LogP contribution in [0.4, 0.5) is 13.2 Å². The van der Waals surface area contributed by atoms with Gasteiger partial charge in [-0.25, -0.2) is 4.98 Å². The highest BCUT2D eigenvalue weighted by Gasteiger charge is 2.31. The molecule has 0 atom stereocenters. The van der Waals surface area contributed by atoms with Gasteiger partial charge < -0.3 is 9.47 Å². The van der Waals surface area contributed by atoms with E-state index in [4.69, 9.17) is 0 Å². The van der Waals surface area contributed by atoms with Gasteiger partial charge in [0.05, 0.1) is 11.8 Å². The number of hydrogen-bond donors (Lipinski definition) is 0. The molecule has 1 saturated heterocycles. The number of hydrogen-bond acceptors (Lipinski definition) is 6. The lowest BCUT2D eigenvalue weighted by atomic mass is 9.88. The van der Waals surface area contributed by atoms with E-state index in [-0.39, 0.29) is 5.92 Å². The molecule has 0 N–H and O–H groups in total. The van der Waals surface area contributed by atoms with Gasteiger partial charge in [-0.2, -0.15) is 13.2 Å². The van der Waals surface area contributed by atoms with Crippen LogP contribution in [-0.2, 0) is 13.2 Å². The molecular formula is C21H23F3N6S. The first kappa shape index (κ1) is 21.8. The van der Waals surface area contributed by atoms with E-state index in [1.807, 2.05) is 17.7 Å². The van der Waals surface area contributed by atoms with Gasteiger partial charge in [-0.1, -0.05) is 30.0 Å². The number of rotatable bonds is 6. The lowest BCUT2D eigenvalue weighted by Gasteiger charge is -2.32. The van der Waals surface area contributed by atoms with Crippen LogP contribution in [0.25, 0.3) is 11.5 Å². The van der Waals surface area contributed by atoms with Crippen molar-refractivity contribution < 1.29 is 13.2 Å². The maximum absolute atomic E-state index is 13.0. The highest BCUT2D eigenvalue weighted by molar-refractivity contribution is 7.99. The predicted molar refractivity (Wildman–Crippen MR) is 113 cm³/mol. The fourth-order valence-corrected chi connectivity index (χ4v) is 4.71. The van der Waals surface area contributed by atoms with Crippen LogP contribution in [0.2, 0.25) is 0 Å². The van der Waals surface area contributed by atoms with E-state index in [1.54, 1.807) is 30.4 Å². The summed E-state index contributed by atoms with van der Waals surface area (Å²) in [5.41, 5.74) is 0.911. The van der Waals surface area contributed by atoms with E-state index in [9.17, 15) is 13.2 Å². The Bertz CT molecular complexity index is 1000. The first-order valence-corrected chi connectivity index (χ1v) is 11.1. The molecule has 0 radical (unpaired) electrons. The highest BCUT2D eigenvalue weighted by Crippen LogP contribution is 2.34. The quantitative estimate of drug-likeness (QED) is 0.525. The van der Waals surface area contributed by atoms with Crippen LogP contribution in [0.15, 0.2) is 48.0 Å². The number of piperidine rings is 1. The van der Waals surface area contributed by atoms with Gasteiger partial charge in [0.15, 0.2) is 11.0 Å². The topological polar surface area (TPSA) is 59.7 Å². The zero-order valence-electron chi connectivity index (χ0n) is 17.1. The molecule has 2 aromatic heterocycles. The van der Waals surface area contributed by atoms with E-state index in [2.05, 4.69) is 25.1 Å². The number of nitrogens with zero attached hydrogens (tertiary/aromatic N) is 6. The van der Waals surface area contributed by atoms with Crippen molar-refractivity contribution >= 4 is 11.8 Å². The van der Waals surface area contributed by atoms with Crippen molar-refractivity contribution in [2.45, 2.75) is 30.1 Å². The number of alkyl halides is 3. The Labute approximate surface area is 182 Å². The molecular weight excluding hydrogens is 425 g/mol. The van der Waals surface area contributed by atoms with E-state index in [1.165, 1.54) is 12.1 Å². The third kappa shape index (κ3) is 5.24. The van der Waals surface area contributed by atoms with Crippen LogP contribution in [0, 0.1) is 0 Å². The van der Waals surface area contributed by atoms with Crippen molar-refractivity contribution in [3.63, 3.8) is 0 Å². The maximum atomic E-state index is 13.0. The summed E-state index contributed by atoms with van der Waals surface area (Å²) in [6, 6.07) is 5.77. The molecule has 164 valence electrons. The van der Waals surface area contributed by atoms with Gasteiger partial charge in [-0.05, 0) is 43.5 Å². The molecule has 31 heavy (non-hydrogen) atoms. The Morgan fingerprint density at radius 1 is 1.13 bits per heavy atom. The molecule has 1 aromatic carbocycles. The standard InChI is InChI=1S/C21H23F3N6S/c1-29-19(18-14-25-7-8-26-18)27-28-20(29)31-12-11-30-9-5-15(6-10-30)16-3-2-4-17(13-16)21(22,23)24/h2-4,7-8,13-15H,5-6,9-12H2,1H3. The van der Waals surface area contributed by atoms with E-state index in [0.717, 1.165) is 55.0 Å². The first-order chi connectivity index (χ1) is 14.9. The van der Waals surface area contributed by atoms with Crippen molar-refractivity contribution in [2.75, 3.05) is 25.4 Å². The summed E-state index contributed by atoms with van der Waals surface area (Å²) >= 11 is 1.63. The molecule has 0 spiro atoms. The van der Waals surface area contributed by atoms with Gasteiger partial charge >= 0.3 is 6.18 Å². The van der Waals surface area contributed by atoms with Crippen molar-refractivity contribution in [1.29, 1.82) is 0 Å². The SMILES string of the molecule is Cn1c(SCCN2CCC(c3cccc(C(F)(F)F)c3)CC2)nnc1-c1cnccn1. The highest BCUT2D eigenvalue weighted by atomic mass is 32.2. The summed E-state index contributed by atoms with van der Waals surface area (Å²) in [5, 5.41) is 9.29. The summed E-state index contributed by atoms with van der Waals surface area (Å²) in [7, 11) is 1.91. The molecule has 0 saturated carbocycles. The monoisotopic (exact) mass is 448 g/mol. The number of aromatic nitrogens is 5. The summed E-state index contributed by atoms with van der Waals surface area (Å²) in [5.74, 6) is 1.72. The van der Waals surface area contributed by atoms with Crippen molar-refractivity contribution in [3.8, 4) is 11.5 Å². The van der Waals surface area contributed by atoms with Gasteiger partial charge in [0.25, 0.3) is 0 Å². The van der Waals surface area contributed by atoms with E-state index >= 15 is 0 Å². The summed E-state index contributed by atoms with van der Waals surface area (Å²) < 4.78 is 40.8. The Morgan fingerprint density at radius 2 is 1.94 bits per heavy atom. The third-order valence-corrected chi connectivity index (χ3v) is 6.54. The normalized spacial score (nSPS) is 16.0. The molecule has 0 bridgehead atoms. The molecule has 6 nitrogen and oxygen atoms in total. The molecule has 4 rings (SSSR count). The zero-order valence-corrected chi connectivity index (χ0v) is 17.9. The Morgan fingerprint density at radius 3 is 2.65 bits per heavy atom. The van der Waals surface area contributed by atoms with Gasteiger partial charge in [0, 0.05) is 31.7 Å². The minimum Gasteiger partial charge on any atom is -0.304 e. The third-order valence-electron chi connectivity index (χ3n) is 5.54. The summed E-state index contributed by atoms with van der Waals surface area (Å²) in [4.78, 5) is 10.7. The minimum atomic E-state index is -4.29. The summed E-state index contributed by atoms with van der Waals surface area (Å²) in [6.07, 6.45) is 2.35. The van der Waals surface area contributed by atoms with Crippen molar-refractivity contribution in [2.24, 2.45) is 7.05 Å². The van der Waals surface area contributed by atoms with Crippen LogP contribution < -0.4 is 0 Å². The predicted octanol–water partition coefficient (Wildman–Crippen LogP) is 4.26. The Balaban J connectivity index is 1.27. The average molecular weight is 449 g/mol. The molecule has 3 heterocycles. The van der Waals surface area contributed by atoms with Gasteiger partial charge in [-0.3, -0.25) is 4.98 Å². The zero-order chi connectivity index (χ0) is 21.8.